The van der Waals surface area contributed by atoms with Crippen molar-refractivity contribution in [2.45, 2.75) is 4.90 Å². The molecule has 29 heavy (non-hydrogen) atoms. The molecule has 146 valence electrons. The summed E-state index contributed by atoms with van der Waals surface area (Å²) in [6.45, 7) is 0. The van der Waals surface area contributed by atoms with Crippen molar-refractivity contribution >= 4 is 32.5 Å². The van der Waals surface area contributed by atoms with E-state index in [4.69, 9.17) is 0 Å². The number of aromatic nitrogens is 3. The minimum atomic E-state index is -4.18. The van der Waals surface area contributed by atoms with E-state index in [-0.39, 0.29) is 16.0 Å². The summed E-state index contributed by atoms with van der Waals surface area (Å²) in [4.78, 5) is 23.2. The van der Waals surface area contributed by atoms with Crippen molar-refractivity contribution in [3.05, 3.63) is 83.9 Å². The van der Waals surface area contributed by atoms with Gasteiger partial charge >= 0.3 is 0 Å². The quantitative estimate of drug-likeness (QED) is 0.488. The highest BCUT2D eigenvalue weighted by Gasteiger charge is 2.23. The lowest BCUT2D eigenvalue weighted by molar-refractivity contribution is 0.103. The molecule has 7 nitrogen and oxygen atoms in total. The highest BCUT2D eigenvalue weighted by atomic mass is 32.2. The van der Waals surface area contributed by atoms with Crippen molar-refractivity contribution in [3.63, 3.8) is 0 Å². The normalized spacial score (nSPS) is 11.5. The number of sulfonamides is 1. The number of rotatable bonds is 5. The zero-order valence-corrected chi connectivity index (χ0v) is 15.4. The molecular formula is C19H12F2N4O3S. The molecule has 0 amide bonds. The van der Waals surface area contributed by atoms with Crippen LogP contribution in [0.3, 0.4) is 0 Å². The Bertz CT molecular complexity index is 1340. The highest BCUT2D eigenvalue weighted by Crippen LogP contribution is 2.26. The molecule has 0 aliphatic rings. The molecule has 0 aliphatic heterocycles. The van der Waals surface area contributed by atoms with Crippen molar-refractivity contribution in [2.75, 3.05) is 4.72 Å². The number of fused-ring (bicyclic) bond motifs is 1. The van der Waals surface area contributed by atoms with E-state index in [0.29, 0.717) is 11.0 Å². The molecule has 2 aromatic heterocycles. The Morgan fingerprint density at radius 3 is 2.55 bits per heavy atom. The molecule has 0 unspecified atom stereocenters. The molecule has 4 aromatic rings. The van der Waals surface area contributed by atoms with Gasteiger partial charge in [-0.2, -0.15) is 0 Å². The zero-order chi connectivity index (χ0) is 20.6. The Hall–Kier alpha value is -3.66. The van der Waals surface area contributed by atoms with Gasteiger partial charge in [0, 0.05) is 17.8 Å². The Morgan fingerprint density at radius 2 is 1.79 bits per heavy atom. The van der Waals surface area contributed by atoms with Crippen LogP contribution in [0.2, 0.25) is 0 Å². The number of hydrogen-bond acceptors (Lipinski definition) is 5. The van der Waals surface area contributed by atoms with Gasteiger partial charge in [-0.05, 0) is 36.4 Å². The molecule has 0 spiro atoms. The molecule has 0 radical (unpaired) electrons. The van der Waals surface area contributed by atoms with Crippen LogP contribution in [0.15, 0.2) is 66.1 Å². The molecule has 2 heterocycles. The minimum absolute atomic E-state index is 0.151. The summed E-state index contributed by atoms with van der Waals surface area (Å²) < 4.78 is 55.0. The number of nitrogens with one attached hydrogen (secondary N) is 2. The first-order chi connectivity index (χ1) is 13.9. The van der Waals surface area contributed by atoms with E-state index in [1.54, 1.807) is 0 Å². The number of benzene rings is 2. The molecule has 0 saturated carbocycles. The maximum Gasteiger partial charge on any atom is 0.261 e. The van der Waals surface area contributed by atoms with Crippen LogP contribution < -0.4 is 4.72 Å². The Kier molecular flexibility index (Phi) is 4.55. The summed E-state index contributed by atoms with van der Waals surface area (Å²) in [5.74, 6) is -2.30. The van der Waals surface area contributed by atoms with Crippen LogP contribution in [0.25, 0.3) is 11.0 Å². The van der Waals surface area contributed by atoms with Crippen molar-refractivity contribution in [2.24, 2.45) is 0 Å². The number of halogens is 2. The summed E-state index contributed by atoms with van der Waals surface area (Å²) in [6.07, 6.45) is 4.11. The number of ketones is 1. The van der Waals surface area contributed by atoms with Crippen LogP contribution in [0.5, 0.6) is 0 Å². The van der Waals surface area contributed by atoms with E-state index in [1.807, 2.05) is 0 Å². The van der Waals surface area contributed by atoms with Crippen molar-refractivity contribution in [3.8, 4) is 0 Å². The van der Waals surface area contributed by atoms with Gasteiger partial charge in [-0.3, -0.25) is 9.52 Å². The van der Waals surface area contributed by atoms with Crippen molar-refractivity contribution in [1.29, 1.82) is 0 Å². The summed E-state index contributed by atoms with van der Waals surface area (Å²) in [6, 6.07) is 7.84. The van der Waals surface area contributed by atoms with Crippen LogP contribution in [0.1, 0.15) is 15.9 Å². The fraction of sp³-hybridized carbons (Fsp3) is 0. The standard InChI is InChI=1S/C19H12F2N4O3S/c20-11-4-6-12(7-5-11)29(27,28)25-16-3-1-2-13(17(16)21)18(26)14-9-23-19-15(14)8-22-10-24-19/h1-10,25H,(H,22,23,24). The predicted molar refractivity (Wildman–Crippen MR) is 101 cm³/mol. The van der Waals surface area contributed by atoms with Gasteiger partial charge in [-0.1, -0.05) is 6.07 Å². The van der Waals surface area contributed by atoms with Gasteiger partial charge in [0.15, 0.2) is 11.6 Å². The Balaban J connectivity index is 1.70. The first kappa shape index (κ1) is 18.7. The van der Waals surface area contributed by atoms with Gasteiger partial charge in [-0.25, -0.2) is 27.2 Å². The molecule has 0 saturated heterocycles. The monoisotopic (exact) mass is 414 g/mol. The number of carbonyl (C=O) groups is 1. The van der Waals surface area contributed by atoms with E-state index in [0.717, 1.165) is 24.3 Å². The fourth-order valence-electron chi connectivity index (χ4n) is 2.80. The van der Waals surface area contributed by atoms with Gasteiger partial charge in [0.05, 0.1) is 21.7 Å². The predicted octanol–water partition coefficient (Wildman–Crippen LogP) is 3.27. The lowest BCUT2D eigenvalue weighted by Gasteiger charge is -2.11. The van der Waals surface area contributed by atoms with Crippen LogP contribution in [-0.2, 0) is 10.0 Å². The smallest absolute Gasteiger partial charge is 0.261 e. The topological polar surface area (TPSA) is 105 Å². The third-order valence-electron chi connectivity index (χ3n) is 4.21. The number of nitrogens with zero attached hydrogens (tertiary/aromatic N) is 2. The maximum atomic E-state index is 15.0. The molecule has 0 aliphatic carbocycles. The summed E-state index contributed by atoms with van der Waals surface area (Å²) in [5.41, 5.74) is -0.166. The van der Waals surface area contributed by atoms with Crippen molar-refractivity contribution < 1.29 is 22.0 Å². The Labute approximate surface area is 163 Å². The highest BCUT2D eigenvalue weighted by molar-refractivity contribution is 7.92. The first-order valence-electron chi connectivity index (χ1n) is 8.25. The van der Waals surface area contributed by atoms with E-state index >= 15 is 0 Å². The third-order valence-corrected chi connectivity index (χ3v) is 5.59. The molecule has 10 heteroatoms. The largest absolute Gasteiger partial charge is 0.345 e. The molecule has 2 aromatic carbocycles. The fourth-order valence-corrected chi connectivity index (χ4v) is 3.86. The molecule has 0 fully saturated rings. The number of aromatic amines is 1. The van der Waals surface area contributed by atoms with Crippen LogP contribution in [-0.4, -0.2) is 29.2 Å². The van der Waals surface area contributed by atoms with Gasteiger partial charge < -0.3 is 4.98 Å². The average Bonchev–Trinajstić information content (AvgIpc) is 3.13. The van der Waals surface area contributed by atoms with Crippen LogP contribution in [0, 0.1) is 11.6 Å². The van der Waals surface area contributed by atoms with E-state index in [2.05, 4.69) is 19.7 Å². The van der Waals surface area contributed by atoms with Gasteiger partial charge in [0.2, 0.25) is 0 Å². The summed E-state index contributed by atoms with van der Waals surface area (Å²) in [7, 11) is -4.18. The maximum absolute atomic E-state index is 15.0. The first-order valence-corrected chi connectivity index (χ1v) is 9.74. The van der Waals surface area contributed by atoms with Gasteiger partial charge in [0.25, 0.3) is 10.0 Å². The second kappa shape index (κ2) is 7.06. The summed E-state index contributed by atoms with van der Waals surface area (Å²) >= 11 is 0. The number of hydrogen-bond donors (Lipinski definition) is 2. The average molecular weight is 414 g/mol. The lowest BCUT2D eigenvalue weighted by atomic mass is 10.0. The van der Waals surface area contributed by atoms with E-state index in [1.165, 1.54) is 36.9 Å². The second-order valence-electron chi connectivity index (χ2n) is 6.04. The lowest BCUT2D eigenvalue weighted by Crippen LogP contribution is -2.15. The van der Waals surface area contributed by atoms with Crippen LogP contribution >= 0.6 is 0 Å². The minimum Gasteiger partial charge on any atom is -0.345 e. The van der Waals surface area contributed by atoms with Crippen molar-refractivity contribution in [1.82, 2.24) is 15.0 Å². The molecular weight excluding hydrogens is 402 g/mol. The van der Waals surface area contributed by atoms with Gasteiger partial charge in [-0.15, -0.1) is 0 Å². The van der Waals surface area contributed by atoms with E-state index in [9.17, 15) is 22.0 Å². The SMILES string of the molecule is O=C(c1cccc(NS(=O)(=O)c2ccc(F)cc2)c1F)c1c[nH]c2ncncc12. The van der Waals surface area contributed by atoms with Crippen LogP contribution in [0.4, 0.5) is 14.5 Å². The third kappa shape index (κ3) is 3.45. The number of carbonyl (C=O) groups excluding carboxylic acids is 1. The molecule has 2 N–H and O–H groups in total. The molecule has 0 atom stereocenters. The molecule has 0 bridgehead atoms. The second-order valence-corrected chi connectivity index (χ2v) is 7.73. The Morgan fingerprint density at radius 1 is 1.03 bits per heavy atom. The zero-order valence-electron chi connectivity index (χ0n) is 14.6. The molecule has 4 rings (SSSR count). The summed E-state index contributed by atoms with van der Waals surface area (Å²) in [5, 5.41) is 0.411. The number of anilines is 1. The van der Waals surface area contributed by atoms with E-state index < -0.39 is 33.1 Å². The number of H-pyrrole nitrogens is 1. The van der Waals surface area contributed by atoms with Gasteiger partial charge in [0.1, 0.15) is 17.8 Å².